The summed E-state index contributed by atoms with van der Waals surface area (Å²) in [6.07, 6.45) is 5.39. The van der Waals surface area contributed by atoms with Crippen LogP contribution in [0.3, 0.4) is 0 Å². The Morgan fingerprint density at radius 1 is 1.24 bits per heavy atom. The van der Waals surface area contributed by atoms with Gasteiger partial charge in [-0.2, -0.15) is 5.10 Å². The molecule has 1 saturated carbocycles. The van der Waals surface area contributed by atoms with Crippen molar-refractivity contribution in [3.63, 3.8) is 0 Å². The average Bonchev–Trinajstić information content (AvgIpc) is 3.18. The van der Waals surface area contributed by atoms with Crippen molar-refractivity contribution in [1.29, 1.82) is 0 Å². The zero-order valence-electron chi connectivity index (χ0n) is 13.5. The van der Waals surface area contributed by atoms with Gasteiger partial charge in [0, 0.05) is 12.1 Å². The number of carbonyl (C=O) groups excluding carboxylic acids is 1. The molecule has 138 valence electrons. The van der Waals surface area contributed by atoms with E-state index in [4.69, 9.17) is 23.2 Å². The van der Waals surface area contributed by atoms with Gasteiger partial charge in [-0.25, -0.2) is 13.1 Å². The highest BCUT2D eigenvalue weighted by molar-refractivity contribution is 7.91. The van der Waals surface area contributed by atoms with Crippen LogP contribution in [0.5, 0.6) is 0 Å². The number of hydrogen-bond donors (Lipinski definition) is 0. The van der Waals surface area contributed by atoms with Gasteiger partial charge in [0.05, 0.1) is 22.7 Å². The SMILES string of the molecule is O=C(Cn1ncc(Cl)c(Cl)c1=O)N(C1CCCC1)C1CCS(=O)(=O)C1. The van der Waals surface area contributed by atoms with Crippen LogP contribution < -0.4 is 5.56 Å². The maximum atomic E-state index is 12.9. The normalized spacial score (nSPS) is 23.0. The molecule has 1 atom stereocenters. The number of halogens is 2. The first kappa shape index (κ1) is 18.7. The van der Waals surface area contributed by atoms with Crippen molar-refractivity contribution in [2.45, 2.75) is 50.7 Å². The monoisotopic (exact) mass is 407 g/mol. The molecule has 2 heterocycles. The van der Waals surface area contributed by atoms with E-state index in [0.29, 0.717) is 6.42 Å². The van der Waals surface area contributed by atoms with Crippen molar-refractivity contribution in [2.75, 3.05) is 11.5 Å². The molecule has 10 heteroatoms. The molecule has 2 aliphatic rings. The molecule has 0 bridgehead atoms. The van der Waals surface area contributed by atoms with E-state index in [9.17, 15) is 18.0 Å². The maximum Gasteiger partial charge on any atom is 0.287 e. The third-order valence-electron chi connectivity index (χ3n) is 4.84. The lowest BCUT2D eigenvalue weighted by atomic mass is 10.1. The van der Waals surface area contributed by atoms with E-state index in [0.717, 1.165) is 30.4 Å². The minimum absolute atomic E-state index is 0.0149. The molecule has 7 nitrogen and oxygen atoms in total. The van der Waals surface area contributed by atoms with Gasteiger partial charge in [-0.15, -0.1) is 0 Å². The Labute approximate surface area is 155 Å². The van der Waals surface area contributed by atoms with Gasteiger partial charge >= 0.3 is 0 Å². The summed E-state index contributed by atoms with van der Waals surface area (Å²) in [5.41, 5.74) is -0.632. The van der Waals surface area contributed by atoms with Gasteiger partial charge in [-0.05, 0) is 19.3 Å². The molecule has 2 fully saturated rings. The Morgan fingerprint density at radius 3 is 2.52 bits per heavy atom. The molecule has 1 amide bonds. The Hall–Kier alpha value is -1.12. The smallest absolute Gasteiger partial charge is 0.287 e. The number of hydrogen-bond acceptors (Lipinski definition) is 5. The second kappa shape index (κ2) is 7.25. The molecule has 1 aliphatic carbocycles. The van der Waals surface area contributed by atoms with Gasteiger partial charge in [0.2, 0.25) is 5.91 Å². The van der Waals surface area contributed by atoms with Gasteiger partial charge in [-0.3, -0.25) is 9.59 Å². The van der Waals surface area contributed by atoms with Crippen LogP contribution >= 0.6 is 23.2 Å². The molecule has 1 aliphatic heterocycles. The molecule has 1 saturated heterocycles. The molecular weight excluding hydrogens is 389 g/mol. The van der Waals surface area contributed by atoms with Crippen LogP contribution in [0.2, 0.25) is 10.0 Å². The topological polar surface area (TPSA) is 89.3 Å². The number of carbonyl (C=O) groups is 1. The Morgan fingerprint density at radius 2 is 1.92 bits per heavy atom. The van der Waals surface area contributed by atoms with Gasteiger partial charge < -0.3 is 4.90 Å². The fourth-order valence-electron chi connectivity index (χ4n) is 3.65. The summed E-state index contributed by atoms with van der Waals surface area (Å²) in [7, 11) is -3.11. The predicted molar refractivity (Wildman–Crippen MR) is 94.7 cm³/mol. The molecule has 0 aromatic carbocycles. The van der Waals surface area contributed by atoms with E-state index < -0.39 is 15.4 Å². The Kier molecular flexibility index (Phi) is 5.41. The van der Waals surface area contributed by atoms with Gasteiger partial charge in [0.1, 0.15) is 11.6 Å². The van der Waals surface area contributed by atoms with E-state index in [1.165, 1.54) is 6.20 Å². The van der Waals surface area contributed by atoms with Crippen molar-refractivity contribution in [3.8, 4) is 0 Å². The van der Waals surface area contributed by atoms with E-state index >= 15 is 0 Å². The number of sulfone groups is 1. The summed E-state index contributed by atoms with van der Waals surface area (Å²) >= 11 is 11.6. The quantitative estimate of drug-likeness (QED) is 0.754. The van der Waals surface area contributed by atoms with Crippen LogP contribution in [0.1, 0.15) is 32.1 Å². The van der Waals surface area contributed by atoms with Gasteiger partial charge in [0.15, 0.2) is 9.84 Å². The Balaban J connectivity index is 1.85. The van der Waals surface area contributed by atoms with Crippen molar-refractivity contribution < 1.29 is 13.2 Å². The summed E-state index contributed by atoms with van der Waals surface area (Å²) in [6.45, 7) is -0.275. The molecule has 25 heavy (non-hydrogen) atoms. The number of aromatic nitrogens is 2. The van der Waals surface area contributed by atoms with Crippen LogP contribution in [0.15, 0.2) is 11.0 Å². The summed E-state index contributed by atoms with van der Waals surface area (Å²) in [4.78, 5) is 26.7. The summed E-state index contributed by atoms with van der Waals surface area (Å²) in [6, 6.07) is -0.316. The maximum absolute atomic E-state index is 12.9. The lowest BCUT2D eigenvalue weighted by Gasteiger charge is -2.34. The largest absolute Gasteiger partial charge is 0.334 e. The van der Waals surface area contributed by atoms with Gasteiger partial charge in [-0.1, -0.05) is 36.0 Å². The van der Waals surface area contributed by atoms with Gasteiger partial charge in [0.25, 0.3) is 5.56 Å². The number of nitrogens with zero attached hydrogens (tertiary/aromatic N) is 3. The first-order valence-electron chi connectivity index (χ1n) is 8.21. The molecular formula is C15H19Cl2N3O4S. The fourth-order valence-corrected chi connectivity index (χ4v) is 5.63. The van der Waals surface area contributed by atoms with Crippen LogP contribution in [0.4, 0.5) is 0 Å². The molecule has 1 aromatic rings. The van der Waals surface area contributed by atoms with E-state index in [1.807, 2.05) is 0 Å². The van der Waals surface area contributed by atoms with Crippen molar-refractivity contribution in [3.05, 3.63) is 26.6 Å². The lowest BCUT2D eigenvalue weighted by molar-refractivity contribution is -0.136. The molecule has 0 radical (unpaired) electrons. The van der Waals surface area contributed by atoms with Crippen LogP contribution in [-0.4, -0.2) is 52.6 Å². The third kappa shape index (κ3) is 4.01. The molecule has 0 spiro atoms. The molecule has 1 unspecified atom stereocenters. The van der Waals surface area contributed by atoms with E-state index in [2.05, 4.69) is 5.10 Å². The van der Waals surface area contributed by atoms with Crippen LogP contribution in [0, 0.1) is 0 Å². The summed E-state index contributed by atoms with van der Waals surface area (Å²) in [5.74, 6) is -0.222. The highest BCUT2D eigenvalue weighted by Crippen LogP contribution is 2.29. The minimum Gasteiger partial charge on any atom is -0.334 e. The number of rotatable bonds is 4. The average molecular weight is 408 g/mol. The predicted octanol–water partition coefficient (Wildman–Crippen LogP) is 1.51. The van der Waals surface area contributed by atoms with Crippen molar-refractivity contribution >= 4 is 38.9 Å². The zero-order valence-corrected chi connectivity index (χ0v) is 15.9. The fraction of sp³-hybridized carbons (Fsp3) is 0.667. The highest BCUT2D eigenvalue weighted by Gasteiger charge is 2.39. The summed E-state index contributed by atoms with van der Waals surface area (Å²) in [5, 5.41) is 3.72. The number of amides is 1. The van der Waals surface area contributed by atoms with Crippen molar-refractivity contribution in [2.24, 2.45) is 0 Å². The van der Waals surface area contributed by atoms with Crippen LogP contribution in [0.25, 0.3) is 0 Å². The second-order valence-electron chi connectivity index (χ2n) is 6.57. The standard InChI is InChI=1S/C15H19Cl2N3O4S/c16-12-7-18-19(15(22)14(12)17)8-13(21)20(10-3-1-2-4-10)11-5-6-25(23,24)9-11/h7,10-11H,1-6,8-9H2. The first-order chi connectivity index (χ1) is 11.8. The second-order valence-corrected chi connectivity index (χ2v) is 9.58. The lowest BCUT2D eigenvalue weighted by Crippen LogP contribution is -2.49. The van der Waals surface area contributed by atoms with Crippen LogP contribution in [-0.2, 0) is 21.2 Å². The molecule has 1 aromatic heterocycles. The van der Waals surface area contributed by atoms with E-state index in [1.54, 1.807) is 4.90 Å². The zero-order chi connectivity index (χ0) is 18.2. The Bertz CT molecular complexity index is 834. The third-order valence-corrected chi connectivity index (χ3v) is 7.33. The molecule has 0 N–H and O–H groups in total. The van der Waals surface area contributed by atoms with E-state index in [-0.39, 0.29) is 46.1 Å². The minimum atomic E-state index is -3.11. The molecule has 3 rings (SSSR count). The highest BCUT2D eigenvalue weighted by atomic mass is 35.5. The van der Waals surface area contributed by atoms with Crippen molar-refractivity contribution in [1.82, 2.24) is 14.7 Å². The first-order valence-corrected chi connectivity index (χ1v) is 10.8. The summed E-state index contributed by atoms with van der Waals surface area (Å²) < 4.78 is 24.7.